The molecule has 0 fully saturated rings. The second kappa shape index (κ2) is 9.08. The Morgan fingerprint density at radius 2 is 1.80 bits per heavy atom. The minimum absolute atomic E-state index is 0.275. The van der Waals surface area contributed by atoms with Crippen LogP contribution in [0.2, 0.25) is 0 Å². The molecule has 0 aliphatic carbocycles. The summed E-state index contributed by atoms with van der Waals surface area (Å²) in [6, 6.07) is 15.2. The predicted molar refractivity (Wildman–Crippen MR) is 98.4 cm³/mol. The molecular formula is C20H26N2O3. The van der Waals surface area contributed by atoms with E-state index in [-0.39, 0.29) is 12.7 Å². The number of likely N-dealkylation sites (N-methyl/N-ethyl adjacent to an activating group) is 2. The minimum Gasteiger partial charge on any atom is -0.508 e. The smallest absolute Gasteiger partial charge is 0.409 e. The number of hydrogen-bond acceptors (Lipinski definition) is 4. The number of carbonyl (C=O) groups is 1. The number of aromatic hydroxyl groups is 1. The Labute approximate surface area is 149 Å². The molecule has 0 radical (unpaired) electrons. The molecule has 2 aromatic carbocycles. The van der Waals surface area contributed by atoms with Crippen molar-refractivity contribution in [3.8, 4) is 5.75 Å². The van der Waals surface area contributed by atoms with Crippen LogP contribution in [0.4, 0.5) is 4.79 Å². The normalized spacial score (nSPS) is 10.7. The monoisotopic (exact) mass is 342 g/mol. The molecule has 5 heteroatoms. The lowest BCUT2D eigenvalue weighted by Crippen LogP contribution is -2.34. The summed E-state index contributed by atoms with van der Waals surface area (Å²) in [5.74, 6) is 0.299. The Hall–Kier alpha value is -2.53. The highest BCUT2D eigenvalue weighted by molar-refractivity contribution is 5.67. The predicted octanol–water partition coefficient (Wildman–Crippen LogP) is 3.40. The van der Waals surface area contributed by atoms with Crippen LogP contribution in [0.5, 0.6) is 5.75 Å². The van der Waals surface area contributed by atoms with Gasteiger partial charge >= 0.3 is 6.09 Å². The van der Waals surface area contributed by atoms with Gasteiger partial charge < -0.3 is 19.6 Å². The first kappa shape index (κ1) is 18.8. The Balaban J connectivity index is 1.75. The van der Waals surface area contributed by atoms with Gasteiger partial charge in [0, 0.05) is 32.2 Å². The summed E-state index contributed by atoms with van der Waals surface area (Å²) in [7, 11) is 3.69. The lowest BCUT2D eigenvalue weighted by atomic mass is 10.1. The maximum Gasteiger partial charge on any atom is 0.409 e. The molecule has 0 saturated heterocycles. The number of phenolic OH excluding ortho intramolecular Hbond substituents is 1. The number of hydrogen-bond donors (Lipinski definition) is 1. The maximum atomic E-state index is 12.0. The number of carbonyl (C=O) groups excluding carboxylic acids is 1. The zero-order valence-corrected chi connectivity index (χ0v) is 15.1. The van der Waals surface area contributed by atoms with Crippen LogP contribution in [0.1, 0.15) is 16.7 Å². The van der Waals surface area contributed by atoms with Gasteiger partial charge in [-0.15, -0.1) is 0 Å². The molecule has 0 aliphatic heterocycles. The molecule has 1 N–H and O–H groups in total. The number of aryl methyl sites for hydroxylation is 1. The van der Waals surface area contributed by atoms with E-state index in [4.69, 9.17) is 4.74 Å². The van der Waals surface area contributed by atoms with Gasteiger partial charge in [-0.1, -0.05) is 48.0 Å². The van der Waals surface area contributed by atoms with Crippen molar-refractivity contribution in [1.82, 2.24) is 9.80 Å². The highest BCUT2D eigenvalue weighted by atomic mass is 16.6. The second-order valence-corrected chi connectivity index (χ2v) is 6.33. The van der Waals surface area contributed by atoms with Gasteiger partial charge in [0.1, 0.15) is 12.4 Å². The van der Waals surface area contributed by atoms with Gasteiger partial charge in [-0.25, -0.2) is 4.79 Å². The lowest BCUT2D eigenvalue weighted by Gasteiger charge is -2.22. The first-order valence-electron chi connectivity index (χ1n) is 8.34. The zero-order chi connectivity index (χ0) is 18.2. The molecule has 134 valence electrons. The SMILES string of the molecule is Cc1ccc(O)c(CN(C)CCN(C)C(=O)OCc2ccccc2)c1. The third kappa shape index (κ3) is 6.12. The average molecular weight is 342 g/mol. The standard InChI is InChI=1S/C20H26N2O3/c1-16-9-10-19(23)18(13-16)14-21(2)11-12-22(3)20(24)25-15-17-7-5-4-6-8-17/h4-10,13,23H,11-12,14-15H2,1-3H3. The number of ether oxygens (including phenoxy) is 1. The summed E-state index contributed by atoms with van der Waals surface area (Å²) in [5, 5.41) is 9.92. The summed E-state index contributed by atoms with van der Waals surface area (Å²) in [4.78, 5) is 15.7. The van der Waals surface area contributed by atoms with Gasteiger partial charge in [-0.3, -0.25) is 0 Å². The van der Waals surface area contributed by atoms with Crippen LogP contribution in [0, 0.1) is 6.92 Å². The Morgan fingerprint density at radius 1 is 1.08 bits per heavy atom. The Bertz CT molecular complexity index is 689. The van der Waals surface area contributed by atoms with Crippen LogP contribution in [-0.4, -0.2) is 48.2 Å². The van der Waals surface area contributed by atoms with Crippen molar-refractivity contribution in [2.75, 3.05) is 27.2 Å². The molecule has 2 rings (SSSR count). The lowest BCUT2D eigenvalue weighted by molar-refractivity contribution is 0.101. The largest absolute Gasteiger partial charge is 0.508 e. The highest BCUT2D eigenvalue weighted by Gasteiger charge is 2.12. The van der Waals surface area contributed by atoms with Gasteiger partial charge in [0.25, 0.3) is 0 Å². The van der Waals surface area contributed by atoms with Gasteiger partial charge in [-0.05, 0) is 25.6 Å². The summed E-state index contributed by atoms with van der Waals surface area (Å²) in [6.45, 7) is 4.14. The molecule has 0 heterocycles. The average Bonchev–Trinajstić information content (AvgIpc) is 2.61. The number of nitrogens with zero attached hydrogens (tertiary/aromatic N) is 2. The zero-order valence-electron chi connectivity index (χ0n) is 15.1. The van der Waals surface area contributed by atoms with Crippen LogP contribution < -0.4 is 0 Å². The van der Waals surface area contributed by atoms with Crippen LogP contribution in [0.3, 0.4) is 0 Å². The number of rotatable bonds is 7. The van der Waals surface area contributed by atoms with E-state index in [1.807, 2.05) is 56.4 Å². The fraction of sp³-hybridized carbons (Fsp3) is 0.350. The van der Waals surface area contributed by atoms with Crippen LogP contribution in [-0.2, 0) is 17.9 Å². The molecule has 0 saturated carbocycles. The quantitative estimate of drug-likeness (QED) is 0.838. The van der Waals surface area contributed by atoms with Crippen molar-refractivity contribution in [2.24, 2.45) is 0 Å². The first-order valence-corrected chi connectivity index (χ1v) is 8.34. The van der Waals surface area contributed by atoms with Crippen molar-refractivity contribution in [1.29, 1.82) is 0 Å². The Morgan fingerprint density at radius 3 is 2.52 bits per heavy atom. The van der Waals surface area contributed by atoms with Crippen LogP contribution in [0.25, 0.3) is 0 Å². The summed E-state index contributed by atoms with van der Waals surface area (Å²) >= 11 is 0. The molecule has 0 bridgehead atoms. The number of benzene rings is 2. The van der Waals surface area contributed by atoms with E-state index in [1.54, 1.807) is 18.0 Å². The first-order chi connectivity index (χ1) is 12.0. The second-order valence-electron chi connectivity index (χ2n) is 6.33. The van der Waals surface area contributed by atoms with Gasteiger partial charge in [-0.2, -0.15) is 0 Å². The van der Waals surface area contributed by atoms with Crippen molar-refractivity contribution in [2.45, 2.75) is 20.1 Å². The van der Waals surface area contributed by atoms with E-state index < -0.39 is 0 Å². The fourth-order valence-electron chi connectivity index (χ4n) is 2.45. The third-order valence-electron chi connectivity index (χ3n) is 4.01. The van der Waals surface area contributed by atoms with Crippen LogP contribution in [0.15, 0.2) is 48.5 Å². The molecule has 0 spiro atoms. The van der Waals surface area contributed by atoms with E-state index in [2.05, 4.69) is 4.90 Å². The molecule has 0 aromatic heterocycles. The topological polar surface area (TPSA) is 53.0 Å². The third-order valence-corrected chi connectivity index (χ3v) is 4.01. The van der Waals surface area contributed by atoms with Crippen molar-refractivity contribution in [3.05, 3.63) is 65.2 Å². The molecular weight excluding hydrogens is 316 g/mol. The number of phenols is 1. The highest BCUT2D eigenvalue weighted by Crippen LogP contribution is 2.19. The molecule has 2 aromatic rings. The molecule has 0 aliphatic rings. The summed E-state index contributed by atoms with van der Waals surface area (Å²) < 4.78 is 5.30. The number of amides is 1. The van der Waals surface area contributed by atoms with E-state index in [0.717, 1.165) is 16.7 Å². The summed E-state index contributed by atoms with van der Waals surface area (Å²) in [6.07, 6.45) is -0.337. The fourth-order valence-corrected chi connectivity index (χ4v) is 2.45. The Kier molecular flexibility index (Phi) is 6.83. The van der Waals surface area contributed by atoms with Gasteiger partial charge in [0.15, 0.2) is 0 Å². The van der Waals surface area contributed by atoms with E-state index in [0.29, 0.717) is 25.4 Å². The van der Waals surface area contributed by atoms with E-state index >= 15 is 0 Å². The maximum absolute atomic E-state index is 12.0. The van der Waals surface area contributed by atoms with Crippen molar-refractivity contribution < 1.29 is 14.6 Å². The molecule has 0 unspecified atom stereocenters. The van der Waals surface area contributed by atoms with Gasteiger partial charge in [0.2, 0.25) is 0 Å². The molecule has 5 nitrogen and oxygen atoms in total. The van der Waals surface area contributed by atoms with Crippen LogP contribution >= 0.6 is 0 Å². The summed E-state index contributed by atoms with van der Waals surface area (Å²) in [5.41, 5.74) is 2.97. The van der Waals surface area contributed by atoms with Crippen molar-refractivity contribution >= 4 is 6.09 Å². The molecule has 1 amide bonds. The molecule has 25 heavy (non-hydrogen) atoms. The van der Waals surface area contributed by atoms with Gasteiger partial charge in [0.05, 0.1) is 0 Å². The van der Waals surface area contributed by atoms with Crippen molar-refractivity contribution in [3.63, 3.8) is 0 Å². The molecule has 0 atom stereocenters. The minimum atomic E-state index is -0.337. The van der Waals surface area contributed by atoms with E-state index in [9.17, 15) is 9.90 Å². The van der Waals surface area contributed by atoms with E-state index in [1.165, 1.54) is 0 Å².